The summed E-state index contributed by atoms with van der Waals surface area (Å²) in [5.41, 5.74) is 23.4. The molecular formula is C63H94F2N10O2S2. The lowest BCUT2D eigenvalue weighted by atomic mass is 9.87. The van der Waals surface area contributed by atoms with Crippen molar-refractivity contribution >= 4 is 51.9 Å². The maximum absolute atomic E-state index is 13.3. The topological polar surface area (TPSA) is 194 Å². The molecule has 0 saturated heterocycles. The molecule has 16 heteroatoms. The predicted molar refractivity (Wildman–Crippen MR) is 333 cm³/mol. The molecule has 434 valence electrons. The zero-order valence-electron chi connectivity index (χ0n) is 51.7. The summed E-state index contributed by atoms with van der Waals surface area (Å²) in [4.78, 5) is 34.9. The Bertz CT molecular complexity index is 2810. The molecule has 0 aromatic carbocycles. The number of anilines is 4. The van der Waals surface area contributed by atoms with Gasteiger partial charge in [0.05, 0.1) is 18.3 Å². The second kappa shape index (κ2) is 30.3. The summed E-state index contributed by atoms with van der Waals surface area (Å²) < 4.78 is 31.1. The summed E-state index contributed by atoms with van der Waals surface area (Å²) in [5, 5.41) is 10.6. The number of pyridine rings is 5. The average molecular weight is 1130 g/mol. The molecule has 79 heavy (non-hydrogen) atoms. The number of carbonyl (C=O) groups excluding carboxylic acids is 1. The Kier molecular flexibility index (Phi) is 27.1. The molecule has 7 heterocycles. The van der Waals surface area contributed by atoms with E-state index < -0.39 is 11.8 Å². The zero-order chi connectivity index (χ0) is 61.0. The van der Waals surface area contributed by atoms with Crippen LogP contribution in [0.15, 0.2) is 108 Å². The molecular weight excluding hydrogens is 1030 g/mol. The quantitative estimate of drug-likeness (QED) is 0.120. The molecule has 0 aliphatic carbocycles. The molecule has 0 radical (unpaired) electrons. The van der Waals surface area contributed by atoms with Crippen molar-refractivity contribution in [2.45, 2.75) is 183 Å². The van der Waals surface area contributed by atoms with E-state index in [-0.39, 0.29) is 44.1 Å². The van der Waals surface area contributed by atoms with E-state index in [1.54, 1.807) is 47.1 Å². The fraction of sp³-hybridized carbons (Fsp3) is 0.476. The van der Waals surface area contributed by atoms with Crippen LogP contribution in [0.5, 0.6) is 0 Å². The van der Waals surface area contributed by atoms with Crippen molar-refractivity contribution in [1.29, 1.82) is 0 Å². The van der Waals surface area contributed by atoms with Gasteiger partial charge in [0.2, 0.25) is 0 Å². The van der Waals surface area contributed by atoms with Crippen LogP contribution >= 0.6 is 22.7 Å². The molecule has 0 fully saturated rings. The second-order valence-electron chi connectivity index (χ2n) is 25.8. The van der Waals surface area contributed by atoms with E-state index in [0.29, 0.717) is 33.9 Å². The fourth-order valence-corrected chi connectivity index (χ4v) is 7.96. The number of esters is 1. The summed E-state index contributed by atoms with van der Waals surface area (Å²) in [6.07, 6.45) is 9.84. The lowest BCUT2D eigenvalue weighted by Gasteiger charge is -2.19. The van der Waals surface area contributed by atoms with Crippen LogP contribution in [0, 0.1) is 11.6 Å². The lowest BCUT2D eigenvalue weighted by Crippen LogP contribution is -2.15. The summed E-state index contributed by atoms with van der Waals surface area (Å²) in [6, 6.07) is 17.1. The van der Waals surface area contributed by atoms with Gasteiger partial charge in [-0.1, -0.05) is 151 Å². The first-order chi connectivity index (χ1) is 36.0. The number of rotatable bonds is 2. The van der Waals surface area contributed by atoms with Gasteiger partial charge in [-0.25, -0.2) is 43.5 Å². The van der Waals surface area contributed by atoms with Crippen molar-refractivity contribution in [2.24, 2.45) is 0 Å². The third-order valence-corrected chi connectivity index (χ3v) is 13.3. The van der Waals surface area contributed by atoms with Crippen molar-refractivity contribution in [3.05, 3.63) is 164 Å². The first kappa shape index (κ1) is 70.6. The van der Waals surface area contributed by atoms with Gasteiger partial charge in [-0.05, 0) is 125 Å². The van der Waals surface area contributed by atoms with E-state index in [1.165, 1.54) is 35.0 Å². The number of ether oxygens (including phenoxy) is 1. The number of thiazole rings is 1. The first-order valence-corrected chi connectivity index (χ1v) is 28.0. The lowest BCUT2D eigenvalue weighted by molar-refractivity contribution is 0.0593. The van der Waals surface area contributed by atoms with Crippen molar-refractivity contribution in [3.8, 4) is 0 Å². The van der Waals surface area contributed by atoms with Crippen molar-refractivity contribution < 1.29 is 18.3 Å². The van der Waals surface area contributed by atoms with Crippen LogP contribution in [-0.2, 0) is 42.6 Å². The number of hydrogen-bond donors (Lipinski definition) is 4. The standard InChI is InChI=1S/C11H15NO2.C10H16N2.2C9H13FN2.C9H14N2.C8H12S.C7H11NS/c1-11(2,3)8-5-6-12-9(7-8)10(13)14-4;1-10(2,3)8-5-6-12-9(7-8)11-4;1-9(2,3)6-4-8(11)12-5-7(6)10;1-9(2,3)6-4-5-12-8(11)7(6)10;1-9(2,3)7-4-5-8(10)11-6-7;1-8(2,3)7-4-5-9-6-7;1-7(2,3)6-8-4-5-9-6/h5-7H,1-4H3;5-7H,1-4H3,(H,11,12);2*4-5H,1-3H3,(H2,11,12);4-6H,1-3H3,(H2,10,11);4-6H,1-3H3;4-5H,1-3H3. The number of carbonyl (C=O) groups is 1. The number of nitrogens with zero attached hydrogens (tertiary/aromatic N) is 6. The van der Waals surface area contributed by atoms with Crippen LogP contribution in [-0.4, -0.2) is 50.0 Å². The molecule has 7 rings (SSSR count). The number of hydrogen-bond acceptors (Lipinski definition) is 14. The highest BCUT2D eigenvalue weighted by Crippen LogP contribution is 2.29. The summed E-state index contributed by atoms with van der Waals surface area (Å²) in [5.74, 6) is 0.766. The Hall–Kier alpha value is -6.39. The van der Waals surface area contributed by atoms with Crippen molar-refractivity contribution in [2.75, 3.05) is 36.7 Å². The van der Waals surface area contributed by atoms with Gasteiger partial charge in [-0.15, -0.1) is 11.3 Å². The minimum atomic E-state index is -0.398. The van der Waals surface area contributed by atoms with Crippen LogP contribution in [0.25, 0.3) is 0 Å². The summed E-state index contributed by atoms with van der Waals surface area (Å²) in [6.45, 7) is 44.1. The Balaban J connectivity index is 0.000000463. The van der Waals surface area contributed by atoms with E-state index in [0.717, 1.165) is 17.6 Å². The zero-order valence-corrected chi connectivity index (χ0v) is 53.3. The van der Waals surface area contributed by atoms with Crippen LogP contribution < -0.4 is 22.5 Å². The van der Waals surface area contributed by atoms with E-state index in [2.05, 4.69) is 173 Å². The maximum Gasteiger partial charge on any atom is 0.356 e. The van der Waals surface area contributed by atoms with Gasteiger partial charge in [-0.3, -0.25) is 0 Å². The number of aromatic nitrogens is 6. The number of methoxy groups -OCH3 is 1. The molecule has 0 saturated carbocycles. The second-order valence-corrected chi connectivity index (χ2v) is 27.5. The third kappa shape index (κ3) is 26.4. The Morgan fingerprint density at radius 1 is 0.506 bits per heavy atom. The first-order valence-electron chi connectivity index (χ1n) is 26.2. The van der Waals surface area contributed by atoms with Gasteiger partial charge in [0, 0.05) is 48.8 Å². The van der Waals surface area contributed by atoms with Gasteiger partial charge in [0.1, 0.15) is 29.0 Å². The number of halogens is 2. The minimum Gasteiger partial charge on any atom is -0.464 e. The van der Waals surface area contributed by atoms with E-state index in [4.69, 9.17) is 17.2 Å². The van der Waals surface area contributed by atoms with Crippen molar-refractivity contribution in [3.63, 3.8) is 0 Å². The molecule has 0 aliphatic heterocycles. The molecule has 0 amide bonds. The molecule has 0 spiro atoms. The van der Waals surface area contributed by atoms with E-state index in [1.807, 2.05) is 90.8 Å². The van der Waals surface area contributed by atoms with Gasteiger partial charge in [-0.2, -0.15) is 11.3 Å². The molecule has 0 unspecified atom stereocenters. The highest BCUT2D eigenvalue weighted by Gasteiger charge is 2.22. The summed E-state index contributed by atoms with van der Waals surface area (Å²) >= 11 is 3.49. The molecule has 7 aromatic heterocycles. The average Bonchev–Trinajstić information content (AvgIpc) is 4.11. The largest absolute Gasteiger partial charge is 0.464 e. The van der Waals surface area contributed by atoms with Gasteiger partial charge >= 0.3 is 5.97 Å². The molecule has 0 bridgehead atoms. The third-order valence-electron chi connectivity index (χ3n) is 11.4. The molecule has 7 N–H and O–H groups in total. The minimum absolute atomic E-state index is 0.0196. The van der Waals surface area contributed by atoms with E-state index >= 15 is 0 Å². The molecule has 0 aliphatic rings. The fourth-order valence-electron chi connectivity index (χ4n) is 6.35. The highest BCUT2D eigenvalue weighted by molar-refractivity contribution is 7.09. The Labute approximate surface area is 481 Å². The Morgan fingerprint density at radius 3 is 1.41 bits per heavy atom. The monoisotopic (exact) mass is 1120 g/mol. The van der Waals surface area contributed by atoms with Crippen LogP contribution in [0.1, 0.15) is 194 Å². The molecule has 0 atom stereocenters. The summed E-state index contributed by atoms with van der Waals surface area (Å²) in [7, 11) is 3.24. The molecule has 7 aromatic rings. The SMILES string of the molecule is CC(C)(C)c1cc(N)ncc1F.CC(C)(C)c1ccc(N)nc1.CC(C)(C)c1ccnc(N)c1F.CC(C)(C)c1ccsc1.CC(C)(C)c1nccs1.CNc1cc(C(C)(C)C)ccn1.COC(=O)c1cc(C(C)(C)C)ccn1. The van der Waals surface area contributed by atoms with Gasteiger partial charge < -0.3 is 27.3 Å². The number of nitrogens with two attached hydrogens (primary N) is 3. The predicted octanol–water partition coefficient (Wildman–Crippen LogP) is 16.2. The Morgan fingerprint density at radius 2 is 1.03 bits per heavy atom. The van der Waals surface area contributed by atoms with Crippen LogP contribution in [0.2, 0.25) is 0 Å². The van der Waals surface area contributed by atoms with Gasteiger partial charge in [0.25, 0.3) is 0 Å². The van der Waals surface area contributed by atoms with Crippen LogP contribution in [0.3, 0.4) is 0 Å². The number of nitrogen functional groups attached to an aromatic ring is 3. The van der Waals surface area contributed by atoms with E-state index in [9.17, 15) is 13.6 Å². The number of nitrogens with one attached hydrogen (secondary N) is 1. The number of thiophene rings is 1. The maximum atomic E-state index is 13.3. The van der Waals surface area contributed by atoms with Crippen LogP contribution in [0.4, 0.5) is 32.1 Å². The van der Waals surface area contributed by atoms with Gasteiger partial charge in [0.15, 0.2) is 11.6 Å². The smallest absolute Gasteiger partial charge is 0.356 e. The highest BCUT2D eigenvalue weighted by atomic mass is 32.1. The molecule has 12 nitrogen and oxygen atoms in total. The van der Waals surface area contributed by atoms with Crippen molar-refractivity contribution in [1.82, 2.24) is 29.9 Å². The normalized spacial score (nSPS) is 11.6.